The van der Waals surface area contributed by atoms with E-state index in [9.17, 15) is 27.6 Å². The first-order chi connectivity index (χ1) is 20.0. The van der Waals surface area contributed by atoms with E-state index in [0.29, 0.717) is 37.2 Å². The Balaban J connectivity index is 1.34. The number of sulfonamides is 1. The highest BCUT2D eigenvalue weighted by molar-refractivity contribution is 7.90. The summed E-state index contributed by atoms with van der Waals surface area (Å²) in [7, 11) is -0.583. The van der Waals surface area contributed by atoms with E-state index in [1.807, 2.05) is 12.2 Å². The number of allylic oxidation sites excluding steroid dienone is 2. The van der Waals surface area contributed by atoms with Gasteiger partial charge in [0.15, 0.2) is 0 Å². The van der Waals surface area contributed by atoms with Crippen LogP contribution in [0.2, 0.25) is 0 Å². The van der Waals surface area contributed by atoms with Crippen LogP contribution in [0.25, 0.3) is 0 Å². The van der Waals surface area contributed by atoms with E-state index in [1.165, 1.54) is 7.11 Å². The molecule has 228 valence electrons. The molecule has 2 N–H and O–H groups in total. The molecule has 5 atom stereocenters. The van der Waals surface area contributed by atoms with Gasteiger partial charge in [0.05, 0.1) is 29.4 Å². The first-order valence-corrected chi connectivity index (χ1v) is 16.2. The second kappa shape index (κ2) is 12.1. The van der Waals surface area contributed by atoms with Crippen molar-refractivity contribution in [2.24, 2.45) is 23.2 Å². The van der Waals surface area contributed by atoms with Crippen LogP contribution in [0.15, 0.2) is 36.4 Å². The third-order valence-corrected chi connectivity index (χ3v) is 10.8. The van der Waals surface area contributed by atoms with Gasteiger partial charge in [0, 0.05) is 25.9 Å². The molecular weight excluding hydrogens is 562 g/mol. The second-order valence-electron chi connectivity index (χ2n) is 12.0. The van der Waals surface area contributed by atoms with E-state index >= 15 is 0 Å². The summed E-state index contributed by atoms with van der Waals surface area (Å²) in [5.74, 6) is -2.40. The number of nitrogens with one attached hydrogen (secondary N) is 2. The number of benzene rings is 1. The molecule has 4 aliphatic rings. The lowest BCUT2D eigenvalue weighted by atomic mass is 9.84. The molecule has 3 fully saturated rings. The maximum absolute atomic E-state index is 13.9. The number of anilines is 1. The Bertz CT molecular complexity index is 1370. The molecule has 3 saturated carbocycles. The van der Waals surface area contributed by atoms with Gasteiger partial charge >= 0.3 is 6.09 Å². The monoisotopic (exact) mass is 601 g/mol. The number of ether oxygens (including phenoxy) is 2. The van der Waals surface area contributed by atoms with Crippen LogP contribution in [-0.4, -0.2) is 69.1 Å². The van der Waals surface area contributed by atoms with Crippen molar-refractivity contribution in [2.75, 3.05) is 26.0 Å². The van der Waals surface area contributed by atoms with Crippen LogP contribution < -0.4 is 14.8 Å². The van der Waals surface area contributed by atoms with Crippen LogP contribution in [0.3, 0.4) is 0 Å². The fourth-order valence-electron chi connectivity index (χ4n) is 6.28. The fraction of sp³-hybridized carbons (Fsp3) is 0.600. The highest BCUT2D eigenvalue weighted by Crippen LogP contribution is 2.58. The number of Topliss-reactive ketones (excluding diaryl/α,β-unsaturated/α-hetero) is 1. The number of nitrogens with zero attached hydrogens (tertiary/aromatic N) is 1. The summed E-state index contributed by atoms with van der Waals surface area (Å²) < 4.78 is 38.4. The molecule has 12 heteroatoms. The predicted molar refractivity (Wildman–Crippen MR) is 154 cm³/mol. The summed E-state index contributed by atoms with van der Waals surface area (Å²) in [6.07, 6.45) is 6.41. The minimum Gasteiger partial charge on any atom is -0.495 e. The fourth-order valence-corrected chi connectivity index (χ4v) is 7.67. The molecule has 3 aliphatic carbocycles. The van der Waals surface area contributed by atoms with Crippen LogP contribution in [0.5, 0.6) is 5.75 Å². The Morgan fingerprint density at radius 2 is 1.81 bits per heavy atom. The van der Waals surface area contributed by atoms with Crippen molar-refractivity contribution >= 4 is 39.4 Å². The van der Waals surface area contributed by atoms with Gasteiger partial charge in [0.1, 0.15) is 17.6 Å². The minimum atomic E-state index is -3.78. The quantitative estimate of drug-likeness (QED) is 0.472. The van der Waals surface area contributed by atoms with Crippen molar-refractivity contribution in [2.45, 2.75) is 69.1 Å². The Labute approximate surface area is 246 Å². The number of hydrogen-bond acceptors (Lipinski definition) is 8. The number of methoxy groups -OCH3 is 1. The van der Waals surface area contributed by atoms with Gasteiger partial charge in [0.2, 0.25) is 21.8 Å². The zero-order valence-electron chi connectivity index (χ0n) is 24.0. The largest absolute Gasteiger partial charge is 0.495 e. The number of para-hydroxylation sites is 2. The molecule has 1 aromatic carbocycles. The average molecular weight is 602 g/mol. The second-order valence-corrected chi connectivity index (χ2v) is 14.0. The molecule has 0 aromatic heterocycles. The van der Waals surface area contributed by atoms with Gasteiger partial charge in [-0.25, -0.2) is 13.2 Å². The Hall–Kier alpha value is -3.41. The van der Waals surface area contributed by atoms with Gasteiger partial charge < -0.3 is 14.4 Å². The van der Waals surface area contributed by atoms with Crippen LogP contribution in [0, 0.1) is 23.2 Å². The average Bonchev–Trinajstić information content (AvgIpc) is 3.87. The normalized spacial score (nSPS) is 30.8. The Kier molecular flexibility index (Phi) is 8.63. The molecule has 0 unspecified atom stereocenters. The number of ketones is 1. The number of amides is 3. The van der Waals surface area contributed by atoms with E-state index in [1.54, 1.807) is 36.2 Å². The van der Waals surface area contributed by atoms with Crippen LogP contribution in [0.1, 0.15) is 57.8 Å². The van der Waals surface area contributed by atoms with Crippen LogP contribution >= 0.6 is 0 Å². The summed E-state index contributed by atoms with van der Waals surface area (Å²) in [5.41, 5.74) is -0.741. The predicted octanol–water partition coefficient (Wildman–Crippen LogP) is 3.41. The Morgan fingerprint density at radius 1 is 1.07 bits per heavy atom. The first kappa shape index (κ1) is 30.1. The van der Waals surface area contributed by atoms with Gasteiger partial charge in [0.25, 0.3) is 0 Å². The van der Waals surface area contributed by atoms with Crippen LogP contribution in [-0.2, 0) is 29.1 Å². The van der Waals surface area contributed by atoms with Crippen molar-refractivity contribution in [1.82, 2.24) is 9.62 Å². The molecule has 0 saturated heterocycles. The third kappa shape index (κ3) is 6.48. The first-order valence-electron chi connectivity index (χ1n) is 14.6. The van der Waals surface area contributed by atoms with Crippen molar-refractivity contribution in [3.63, 3.8) is 0 Å². The van der Waals surface area contributed by atoms with Gasteiger partial charge in [-0.05, 0) is 69.4 Å². The highest BCUT2D eigenvalue weighted by atomic mass is 32.2. The van der Waals surface area contributed by atoms with Crippen molar-refractivity contribution in [3.05, 3.63) is 36.4 Å². The molecule has 1 aromatic rings. The SMILES string of the molecule is COc1ccccc1NC(=O)O[C@@H]1C[C@H]2C(=O)C[C@]3(C(=O)NS(=O)(=O)C4CC4)C[C@H]3/C=C\CCCCN(C)C(=O)[C@@H]2C1. The zero-order valence-corrected chi connectivity index (χ0v) is 24.9. The number of rotatable bonds is 6. The zero-order chi connectivity index (χ0) is 30.1. The molecule has 1 heterocycles. The van der Waals surface area contributed by atoms with Crippen molar-refractivity contribution in [1.29, 1.82) is 0 Å². The number of carbonyl (C=O) groups excluding carboxylic acids is 4. The summed E-state index contributed by atoms with van der Waals surface area (Å²) in [6, 6.07) is 6.88. The van der Waals surface area contributed by atoms with E-state index in [-0.39, 0.29) is 36.9 Å². The number of hydrogen-bond donors (Lipinski definition) is 2. The summed E-state index contributed by atoms with van der Waals surface area (Å²) in [6.45, 7) is 0.540. The lowest BCUT2D eigenvalue weighted by molar-refractivity contribution is -0.140. The molecule has 0 spiro atoms. The molecule has 0 bridgehead atoms. The van der Waals surface area contributed by atoms with E-state index in [0.717, 1.165) is 19.3 Å². The van der Waals surface area contributed by atoms with Crippen molar-refractivity contribution < 1.29 is 37.1 Å². The molecule has 5 rings (SSSR count). The maximum Gasteiger partial charge on any atom is 0.412 e. The third-order valence-electron chi connectivity index (χ3n) is 9.00. The lowest BCUT2D eigenvalue weighted by Gasteiger charge is -2.26. The van der Waals surface area contributed by atoms with Gasteiger partial charge in [-0.2, -0.15) is 0 Å². The minimum absolute atomic E-state index is 0.140. The number of carbonyl (C=O) groups is 4. The Morgan fingerprint density at radius 3 is 2.55 bits per heavy atom. The van der Waals surface area contributed by atoms with E-state index in [4.69, 9.17) is 9.47 Å². The maximum atomic E-state index is 13.9. The standard InChI is InChI=1S/C30H39N3O8S/c1-33-14-8-4-3-5-9-19-17-30(19,28(36)32-42(38,39)21-12-13-21)18-25(34)22-15-20(16-23(22)27(33)35)41-29(37)31-24-10-6-7-11-26(24)40-2/h5-7,9-11,19-23H,3-4,8,12-18H2,1-2H3,(H,31,37)(H,32,36)/b9-5-/t19-,20-,22-,23-,30-/m1/s1. The molecule has 0 radical (unpaired) electrons. The molecule has 42 heavy (non-hydrogen) atoms. The number of fused-ring (bicyclic) bond motifs is 2. The molecule has 11 nitrogen and oxygen atoms in total. The van der Waals surface area contributed by atoms with E-state index in [2.05, 4.69) is 10.0 Å². The van der Waals surface area contributed by atoms with E-state index < -0.39 is 50.6 Å². The summed E-state index contributed by atoms with van der Waals surface area (Å²) in [5, 5.41) is 2.10. The summed E-state index contributed by atoms with van der Waals surface area (Å²) in [4.78, 5) is 55.3. The molecular formula is C30H39N3O8S. The van der Waals surface area contributed by atoms with Gasteiger partial charge in [-0.3, -0.25) is 24.4 Å². The van der Waals surface area contributed by atoms with Crippen molar-refractivity contribution in [3.8, 4) is 5.75 Å². The van der Waals surface area contributed by atoms with Crippen LogP contribution in [0.4, 0.5) is 10.5 Å². The smallest absolute Gasteiger partial charge is 0.412 e. The lowest BCUT2D eigenvalue weighted by Crippen LogP contribution is -2.42. The molecule has 3 amide bonds. The highest BCUT2D eigenvalue weighted by Gasteiger charge is 2.61. The topological polar surface area (TPSA) is 148 Å². The summed E-state index contributed by atoms with van der Waals surface area (Å²) >= 11 is 0. The molecule has 1 aliphatic heterocycles. The van der Waals surface area contributed by atoms with Gasteiger partial charge in [-0.1, -0.05) is 24.3 Å². The van der Waals surface area contributed by atoms with Gasteiger partial charge in [-0.15, -0.1) is 0 Å².